The predicted octanol–water partition coefficient (Wildman–Crippen LogP) is -0.0343. The van der Waals surface area contributed by atoms with E-state index in [0.29, 0.717) is 45.1 Å². The summed E-state index contributed by atoms with van der Waals surface area (Å²) in [4.78, 5) is 30.8. The van der Waals surface area contributed by atoms with Crippen molar-refractivity contribution in [2.45, 2.75) is 25.7 Å². The molecule has 1 fully saturated rings. The van der Waals surface area contributed by atoms with E-state index in [9.17, 15) is 9.59 Å². The van der Waals surface area contributed by atoms with E-state index in [0.717, 1.165) is 11.4 Å². The van der Waals surface area contributed by atoms with Crippen LogP contribution >= 0.6 is 0 Å². The van der Waals surface area contributed by atoms with Crippen LogP contribution in [0.4, 0.5) is 0 Å². The molecule has 4 heterocycles. The van der Waals surface area contributed by atoms with Gasteiger partial charge < -0.3 is 19.7 Å². The second kappa shape index (κ2) is 7.85. The van der Waals surface area contributed by atoms with Crippen LogP contribution in [0.3, 0.4) is 0 Å². The third kappa shape index (κ3) is 3.99. The fourth-order valence-electron chi connectivity index (χ4n) is 3.16. The maximum Gasteiger partial charge on any atom is 0.272 e. The minimum Gasteiger partial charge on any atom is -0.376 e. The third-order valence-corrected chi connectivity index (χ3v) is 4.59. The Labute approximate surface area is 156 Å². The number of carbonyl (C=O) groups excluding carboxylic acids is 2. The second-order valence-corrected chi connectivity index (χ2v) is 6.44. The lowest BCUT2D eigenvalue weighted by atomic mass is 10.2. The van der Waals surface area contributed by atoms with Crippen molar-refractivity contribution in [1.29, 1.82) is 0 Å². The summed E-state index contributed by atoms with van der Waals surface area (Å²) in [6.07, 6.45) is 1.14. The summed E-state index contributed by atoms with van der Waals surface area (Å²) in [6, 6.07) is 7.27. The number of aromatic nitrogens is 3. The van der Waals surface area contributed by atoms with Gasteiger partial charge in [0.25, 0.3) is 11.8 Å². The zero-order chi connectivity index (χ0) is 18.6. The van der Waals surface area contributed by atoms with Gasteiger partial charge in [0.15, 0.2) is 11.8 Å². The predicted molar refractivity (Wildman–Crippen MR) is 93.6 cm³/mol. The van der Waals surface area contributed by atoms with Gasteiger partial charge in [0.05, 0.1) is 50.8 Å². The molecule has 1 N–H and O–H groups in total. The van der Waals surface area contributed by atoms with Crippen molar-refractivity contribution in [3.63, 3.8) is 0 Å². The number of hydrogen-bond acceptors (Lipinski definition) is 6. The number of hydrogen-bond donors (Lipinski definition) is 1. The highest BCUT2D eigenvalue weighted by atomic mass is 16.6. The van der Waals surface area contributed by atoms with E-state index in [4.69, 9.17) is 9.47 Å². The van der Waals surface area contributed by atoms with Crippen molar-refractivity contribution < 1.29 is 19.1 Å². The van der Waals surface area contributed by atoms with Crippen LogP contribution in [0.25, 0.3) is 0 Å². The maximum absolute atomic E-state index is 12.6. The Kier molecular flexibility index (Phi) is 5.12. The fraction of sp³-hybridized carbons (Fsp3) is 0.444. The molecular weight excluding hydrogens is 350 g/mol. The van der Waals surface area contributed by atoms with Crippen LogP contribution in [-0.2, 0) is 33.9 Å². The molecule has 0 saturated carbocycles. The SMILES string of the molecule is O=C(NCc1ccccn1)c1cc2n(n1)CCN(C(=O)[C@@H]1COCCO1)C2. The van der Waals surface area contributed by atoms with Crippen LogP contribution in [-0.4, -0.2) is 63.9 Å². The number of amides is 2. The molecule has 9 nitrogen and oxygen atoms in total. The zero-order valence-electron chi connectivity index (χ0n) is 14.8. The van der Waals surface area contributed by atoms with Crippen LogP contribution in [0.5, 0.6) is 0 Å². The van der Waals surface area contributed by atoms with E-state index in [2.05, 4.69) is 15.4 Å². The van der Waals surface area contributed by atoms with Gasteiger partial charge in [0, 0.05) is 12.7 Å². The van der Waals surface area contributed by atoms with Crippen molar-refractivity contribution in [3.8, 4) is 0 Å². The molecule has 2 amide bonds. The third-order valence-electron chi connectivity index (χ3n) is 4.59. The number of nitrogens with one attached hydrogen (secondary N) is 1. The summed E-state index contributed by atoms with van der Waals surface area (Å²) in [7, 11) is 0. The first-order valence-corrected chi connectivity index (χ1v) is 8.93. The lowest BCUT2D eigenvalue weighted by molar-refractivity contribution is -0.159. The van der Waals surface area contributed by atoms with E-state index < -0.39 is 6.10 Å². The van der Waals surface area contributed by atoms with Crippen molar-refractivity contribution in [2.75, 3.05) is 26.4 Å². The van der Waals surface area contributed by atoms with E-state index in [1.807, 2.05) is 18.2 Å². The molecule has 2 aromatic rings. The first-order valence-electron chi connectivity index (χ1n) is 8.93. The number of carbonyl (C=O) groups is 2. The number of rotatable bonds is 4. The lowest BCUT2D eigenvalue weighted by Gasteiger charge is -2.32. The van der Waals surface area contributed by atoms with Gasteiger partial charge in [0.1, 0.15) is 0 Å². The fourth-order valence-corrected chi connectivity index (χ4v) is 3.16. The monoisotopic (exact) mass is 371 g/mol. The quantitative estimate of drug-likeness (QED) is 0.810. The first kappa shape index (κ1) is 17.6. The van der Waals surface area contributed by atoms with E-state index in [1.165, 1.54) is 0 Å². The van der Waals surface area contributed by atoms with E-state index in [-0.39, 0.29) is 18.4 Å². The Hall–Kier alpha value is -2.78. The van der Waals surface area contributed by atoms with Gasteiger partial charge in [-0.2, -0.15) is 5.10 Å². The van der Waals surface area contributed by atoms with Crippen LogP contribution in [0.1, 0.15) is 21.9 Å². The van der Waals surface area contributed by atoms with Gasteiger partial charge in [-0.05, 0) is 18.2 Å². The summed E-state index contributed by atoms with van der Waals surface area (Å²) in [6.45, 7) is 3.06. The second-order valence-electron chi connectivity index (χ2n) is 6.44. The summed E-state index contributed by atoms with van der Waals surface area (Å²) >= 11 is 0. The van der Waals surface area contributed by atoms with Crippen molar-refractivity contribution in [3.05, 3.63) is 47.5 Å². The largest absolute Gasteiger partial charge is 0.376 e. The molecule has 2 aliphatic rings. The molecule has 0 aromatic carbocycles. The molecule has 0 spiro atoms. The molecule has 0 bridgehead atoms. The minimum atomic E-state index is -0.547. The molecule has 9 heteroatoms. The molecular formula is C18H21N5O4. The van der Waals surface area contributed by atoms with Gasteiger partial charge in [-0.25, -0.2) is 0 Å². The molecule has 4 rings (SSSR count). The van der Waals surface area contributed by atoms with Crippen molar-refractivity contribution in [2.24, 2.45) is 0 Å². The first-order chi connectivity index (χ1) is 13.2. The average molecular weight is 371 g/mol. The van der Waals surface area contributed by atoms with E-state index >= 15 is 0 Å². The zero-order valence-corrected chi connectivity index (χ0v) is 14.8. The average Bonchev–Trinajstić information content (AvgIpc) is 3.16. The highest BCUT2D eigenvalue weighted by Gasteiger charge is 2.30. The lowest BCUT2D eigenvalue weighted by Crippen LogP contribution is -2.47. The molecule has 2 aromatic heterocycles. The summed E-state index contributed by atoms with van der Waals surface area (Å²) < 4.78 is 12.6. The van der Waals surface area contributed by atoms with Gasteiger partial charge in [0.2, 0.25) is 0 Å². The summed E-state index contributed by atoms with van der Waals surface area (Å²) in [5.74, 6) is -0.340. The Bertz CT molecular complexity index is 816. The normalized spacial score (nSPS) is 19.4. The van der Waals surface area contributed by atoms with Crippen LogP contribution in [0.15, 0.2) is 30.5 Å². The molecule has 0 radical (unpaired) electrons. The van der Waals surface area contributed by atoms with Gasteiger partial charge in [-0.1, -0.05) is 6.07 Å². The molecule has 1 atom stereocenters. The molecule has 0 unspecified atom stereocenters. The molecule has 1 saturated heterocycles. The Balaban J connectivity index is 1.38. The Morgan fingerprint density at radius 2 is 2.19 bits per heavy atom. The Morgan fingerprint density at radius 1 is 1.26 bits per heavy atom. The molecule has 0 aliphatic carbocycles. The molecule has 2 aliphatic heterocycles. The highest BCUT2D eigenvalue weighted by Crippen LogP contribution is 2.16. The number of ether oxygens (including phenoxy) is 2. The van der Waals surface area contributed by atoms with E-state index in [1.54, 1.807) is 21.8 Å². The molecule has 142 valence electrons. The summed E-state index contributed by atoms with van der Waals surface area (Å²) in [5.41, 5.74) is 1.95. The minimum absolute atomic E-state index is 0.0803. The van der Waals surface area contributed by atoms with Crippen LogP contribution in [0, 0.1) is 0 Å². The highest BCUT2D eigenvalue weighted by molar-refractivity contribution is 5.92. The Morgan fingerprint density at radius 3 is 2.96 bits per heavy atom. The number of pyridine rings is 1. The standard InChI is InChI=1S/C18H21N5O4/c24-17(20-10-13-3-1-2-4-19-13)15-9-14-11-22(5-6-23(14)21-15)18(25)16-12-26-7-8-27-16/h1-4,9,16H,5-8,10-12H2,(H,20,24)/t16-/m0/s1. The summed E-state index contributed by atoms with van der Waals surface area (Å²) in [5, 5.41) is 7.18. The van der Waals surface area contributed by atoms with Gasteiger partial charge in [-0.3, -0.25) is 19.3 Å². The molecule has 27 heavy (non-hydrogen) atoms. The van der Waals surface area contributed by atoms with Crippen molar-refractivity contribution >= 4 is 11.8 Å². The van der Waals surface area contributed by atoms with Gasteiger partial charge >= 0.3 is 0 Å². The number of nitrogens with zero attached hydrogens (tertiary/aromatic N) is 4. The van der Waals surface area contributed by atoms with Crippen LogP contribution < -0.4 is 5.32 Å². The van der Waals surface area contributed by atoms with Crippen LogP contribution in [0.2, 0.25) is 0 Å². The maximum atomic E-state index is 12.6. The van der Waals surface area contributed by atoms with Gasteiger partial charge in [-0.15, -0.1) is 0 Å². The topological polar surface area (TPSA) is 98.6 Å². The van der Waals surface area contributed by atoms with Crippen molar-refractivity contribution in [1.82, 2.24) is 25.0 Å². The number of fused-ring (bicyclic) bond motifs is 1. The smallest absolute Gasteiger partial charge is 0.272 e.